The molecule has 2 atom stereocenters. The maximum Gasteiger partial charge on any atom is 0.310 e. The summed E-state index contributed by atoms with van der Waals surface area (Å²) in [6.45, 7) is 7.62. The summed E-state index contributed by atoms with van der Waals surface area (Å²) in [7, 11) is 1.45. The smallest absolute Gasteiger partial charge is 0.310 e. The van der Waals surface area contributed by atoms with Gasteiger partial charge in [-0.3, -0.25) is 4.79 Å². The summed E-state index contributed by atoms with van der Waals surface area (Å²) in [6, 6.07) is 3.92. The van der Waals surface area contributed by atoms with Gasteiger partial charge in [-0.15, -0.1) is 0 Å². The van der Waals surface area contributed by atoms with Gasteiger partial charge in [0.05, 0.1) is 26.2 Å². The predicted octanol–water partition coefficient (Wildman–Crippen LogP) is 2.08. The second-order valence-corrected chi connectivity index (χ2v) is 7.44. The monoisotopic (exact) mass is 374 g/mol. The maximum absolute atomic E-state index is 12.0. The van der Waals surface area contributed by atoms with Gasteiger partial charge in [0.1, 0.15) is 0 Å². The van der Waals surface area contributed by atoms with Crippen molar-refractivity contribution >= 4 is 11.9 Å². The Kier molecular flexibility index (Phi) is 6.53. The van der Waals surface area contributed by atoms with Gasteiger partial charge in [-0.05, 0) is 43.2 Å². The number of hydrogen-bond acceptors (Lipinski definition) is 5. The minimum Gasteiger partial charge on any atom is -0.477 e. The van der Waals surface area contributed by atoms with E-state index in [-0.39, 0.29) is 17.8 Å². The molecule has 0 spiro atoms. The molecule has 1 aliphatic carbocycles. The van der Waals surface area contributed by atoms with Crippen LogP contribution in [0.4, 0.5) is 0 Å². The molecule has 0 amide bonds. The van der Waals surface area contributed by atoms with Gasteiger partial charge in [-0.1, -0.05) is 6.92 Å². The van der Waals surface area contributed by atoms with Crippen LogP contribution < -0.4 is 10.1 Å². The lowest BCUT2D eigenvalue weighted by molar-refractivity contribution is -0.145. The van der Waals surface area contributed by atoms with E-state index in [1.54, 1.807) is 6.20 Å². The summed E-state index contributed by atoms with van der Waals surface area (Å²) in [4.78, 5) is 23.1. The van der Waals surface area contributed by atoms with Gasteiger partial charge in [-0.2, -0.15) is 0 Å². The van der Waals surface area contributed by atoms with Crippen LogP contribution in [0.2, 0.25) is 0 Å². The van der Waals surface area contributed by atoms with E-state index in [4.69, 9.17) is 14.5 Å². The zero-order chi connectivity index (χ0) is 19.2. The molecule has 1 aromatic rings. The van der Waals surface area contributed by atoms with Crippen molar-refractivity contribution in [2.75, 3.05) is 33.4 Å². The molecule has 1 N–H and O–H groups in total. The third kappa shape index (κ3) is 5.34. The quantitative estimate of drug-likeness (QED) is 0.447. The highest BCUT2D eigenvalue weighted by atomic mass is 16.5. The van der Waals surface area contributed by atoms with Gasteiger partial charge in [0.15, 0.2) is 5.96 Å². The molecule has 7 nitrogen and oxygen atoms in total. The number of esters is 1. The fourth-order valence-corrected chi connectivity index (χ4v) is 3.31. The first-order chi connectivity index (χ1) is 13.1. The molecule has 0 radical (unpaired) electrons. The van der Waals surface area contributed by atoms with E-state index in [0.29, 0.717) is 24.9 Å². The molecule has 1 aliphatic heterocycles. The summed E-state index contributed by atoms with van der Waals surface area (Å²) in [5.74, 6) is 2.18. The lowest BCUT2D eigenvalue weighted by atomic mass is 9.99. The number of likely N-dealkylation sites (tertiary alicyclic amines) is 1. The molecule has 2 aliphatic rings. The van der Waals surface area contributed by atoms with Gasteiger partial charge >= 0.3 is 5.97 Å². The summed E-state index contributed by atoms with van der Waals surface area (Å²) < 4.78 is 10.7. The van der Waals surface area contributed by atoms with Crippen molar-refractivity contribution in [3.63, 3.8) is 0 Å². The maximum atomic E-state index is 12.0. The Hall–Kier alpha value is -2.31. The SMILES string of the molecule is CCNC(=NCc1ccnc(OCC2CC2)c1)N1CC(C)C(C(=O)OC)C1. The molecule has 27 heavy (non-hydrogen) atoms. The Bertz CT molecular complexity index is 675. The topological polar surface area (TPSA) is 76.1 Å². The summed E-state index contributed by atoms with van der Waals surface area (Å²) in [6.07, 6.45) is 4.29. The van der Waals surface area contributed by atoms with Crippen molar-refractivity contribution in [3.05, 3.63) is 23.9 Å². The van der Waals surface area contributed by atoms with Crippen LogP contribution >= 0.6 is 0 Å². The first-order valence-corrected chi connectivity index (χ1v) is 9.79. The number of aromatic nitrogens is 1. The van der Waals surface area contributed by atoms with Gasteiger partial charge in [0.2, 0.25) is 5.88 Å². The largest absolute Gasteiger partial charge is 0.477 e. The van der Waals surface area contributed by atoms with Crippen LogP contribution in [0.15, 0.2) is 23.3 Å². The number of guanidine groups is 1. The number of pyridine rings is 1. The van der Waals surface area contributed by atoms with Crippen molar-refractivity contribution in [1.82, 2.24) is 15.2 Å². The van der Waals surface area contributed by atoms with E-state index in [1.807, 2.05) is 19.1 Å². The van der Waals surface area contributed by atoms with Crippen LogP contribution in [0, 0.1) is 17.8 Å². The van der Waals surface area contributed by atoms with Gasteiger partial charge in [-0.25, -0.2) is 9.98 Å². The Morgan fingerprint density at radius 2 is 2.22 bits per heavy atom. The van der Waals surface area contributed by atoms with E-state index in [2.05, 4.69) is 22.1 Å². The minimum atomic E-state index is -0.146. The Morgan fingerprint density at radius 1 is 1.41 bits per heavy atom. The Balaban J connectivity index is 1.63. The molecule has 148 valence electrons. The zero-order valence-electron chi connectivity index (χ0n) is 16.5. The number of nitrogens with zero attached hydrogens (tertiary/aromatic N) is 3. The van der Waals surface area contributed by atoms with Gasteiger partial charge < -0.3 is 19.7 Å². The normalized spacial score (nSPS) is 22.6. The highest BCUT2D eigenvalue weighted by molar-refractivity contribution is 5.82. The third-order valence-corrected chi connectivity index (χ3v) is 5.13. The van der Waals surface area contributed by atoms with E-state index in [1.165, 1.54) is 20.0 Å². The summed E-state index contributed by atoms with van der Waals surface area (Å²) >= 11 is 0. The molecule has 1 saturated carbocycles. The van der Waals surface area contributed by atoms with Crippen molar-refractivity contribution in [3.8, 4) is 5.88 Å². The number of ether oxygens (including phenoxy) is 2. The molecule has 2 fully saturated rings. The molecule has 1 saturated heterocycles. The first-order valence-electron chi connectivity index (χ1n) is 9.79. The summed E-state index contributed by atoms with van der Waals surface area (Å²) in [5.41, 5.74) is 1.06. The Morgan fingerprint density at radius 3 is 2.93 bits per heavy atom. The van der Waals surface area contributed by atoms with Crippen LogP contribution in [0.25, 0.3) is 0 Å². The first kappa shape index (κ1) is 19.5. The average molecular weight is 374 g/mol. The lowest BCUT2D eigenvalue weighted by Crippen LogP contribution is -2.40. The number of nitrogens with one attached hydrogen (secondary N) is 1. The highest BCUT2D eigenvalue weighted by Crippen LogP contribution is 2.29. The molecule has 3 rings (SSSR count). The molecule has 2 unspecified atom stereocenters. The molecule has 1 aromatic heterocycles. The fraction of sp³-hybridized carbons (Fsp3) is 0.650. The van der Waals surface area contributed by atoms with Crippen molar-refractivity contribution in [1.29, 1.82) is 0 Å². The molecule has 7 heteroatoms. The van der Waals surface area contributed by atoms with Crippen LogP contribution in [0.1, 0.15) is 32.3 Å². The van der Waals surface area contributed by atoms with Crippen molar-refractivity contribution in [2.45, 2.75) is 33.2 Å². The molecule has 2 heterocycles. The number of hydrogen-bond donors (Lipinski definition) is 1. The predicted molar refractivity (Wildman–Crippen MR) is 104 cm³/mol. The van der Waals surface area contributed by atoms with E-state index in [0.717, 1.165) is 31.2 Å². The fourth-order valence-electron chi connectivity index (χ4n) is 3.31. The standard InChI is InChI=1S/C20H30N4O3/c1-4-21-20(24-11-14(2)17(12-24)19(25)26-3)23-10-16-7-8-22-18(9-16)27-13-15-5-6-15/h7-9,14-15,17H,4-6,10-13H2,1-3H3,(H,21,23). The number of rotatable bonds is 7. The second kappa shape index (κ2) is 9.06. The molecular weight excluding hydrogens is 344 g/mol. The molecule has 0 aromatic carbocycles. The van der Waals surface area contributed by atoms with E-state index >= 15 is 0 Å². The van der Waals surface area contributed by atoms with Gasteiger partial charge in [0.25, 0.3) is 0 Å². The van der Waals surface area contributed by atoms with Crippen molar-refractivity contribution in [2.24, 2.45) is 22.7 Å². The van der Waals surface area contributed by atoms with E-state index < -0.39 is 0 Å². The average Bonchev–Trinajstić information content (AvgIpc) is 3.43. The van der Waals surface area contributed by atoms with E-state index in [9.17, 15) is 4.79 Å². The number of methoxy groups -OCH3 is 1. The van der Waals surface area contributed by atoms with Crippen LogP contribution in [0.5, 0.6) is 5.88 Å². The summed E-state index contributed by atoms with van der Waals surface area (Å²) in [5, 5.41) is 3.33. The molecule has 0 bridgehead atoms. The lowest BCUT2D eigenvalue weighted by Gasteiger charge is -2.21. The van der Waals surface area contributed by atoms with Crippen molar-refractivity contribution < 1.29 is 14.3 Å². The second-order valence-electron chi connectivity index (χ2n) is 7.44. The number of carbonyl (C=O) groups excluding carboxylic acids is 1. The molecular formula is C20H30N4O3. The van der Waals surface area contributed by atoms with Gasteiger partial charge in [0, 0.05) is 31.9 Å². The minimum absolute atomic E-state index is 0.109. The number of carbonyl (C=O) groups is 1. The zero-order valence-corrected chi connectivity index (χ0v) is 16.5. The third-order valence-electron chi connectivity index (χ3n) is 5.13. The van der Waals surface area contributed by atoms with Crippen LogP contribution in [-0.4, -0.2) is 55.2 Å². The Labute approximate surface area is 161 Å². The number of aliphatic imine (C=N–C) groups is 1. The van der Waals surface area contributed by atoms with Crippen LogP contribution in [-0.2, 0) is 16.1 Å². The van der Waals surface area contributed by atoms with Crippen LogP contribution in [0.3, 0.4) is 0 Å². The highest BCUT2D eigenvalue weighted by Gasteiger charge is 2.36.